The van der Waals surface area contributed by atoms with E-state index in [-0.39, 0.29) is 22.6 Å². The number of hydrogen-bond acceptors (Lipinski definition) is 3. The molecular formula is C25H38O3. The van der Waals surface area contributed by atoms with Crippen molar-refractivity contribution in [2.75, 3.05) is 0 Å². The van der Waals surface area contributed by atoms with Crippen LogP contribution in [0.2, 0.25) is 0 Å². The molecular weight excluding hydrogens is 348 g/mol. The quantitative estimate of drug-likeness (QED) is 0.541. The fraction of sp³-hybridized carbons (Fsp3) is 0.880. The second kappa shape index (κ2) is 5.45. The lowest BCUT2D eigenvalue weighted by molar-refractivity contribution is -0.295. The van der Waals surface area contributed by atoms with E-state index < -0.39 is 5.41 Å². The Kier molecular flexibility index (Phi) is 3.73. The largest absolute Gasteiger partial charge is 0.458 e. The molecule has 0 radical (unpaired) electrons. The van der Waals surface area contributed by atoms with Crippen molar-refractivity contribution in [2.24, 2.45) is 46.3 Å². The van der Waals surface area contributed by atoms with Crippen LogP contribution in [-0.2, 0) is 9.53 Å². The molecule has 28 heavy (non-hydrogen) atoms. The van der Waals surface area contributed by atoms with Crippen molar-refractivity contribution in [2.45, 2.75) is 91.3 Å². The molecule has 1 atom stereocenters. The molecule has 7 rings (SSSR count). The molecule has 7 aliphatic carbocycles. The highest BCUT2D eigenvalue weighted by Crippen LogP contribution is 2.73. The number of allylic oxidation sites excluding steroid dienone is 1. The lowest BCUT2D eigenvalue weighted by Crippen LogP contribution is -2.71. The van der Waals surface area contributed by atoms with Crippen LogP contribution in [-0.4, -0.2) is 22.3 Å². The molecule has 156 valence electrons. The van der Waals surface area contributed by atoms with E-state index in [1.165, 1.54) is 5.57 Å². The topological polar surface area (TPSA) is 46.5 Å². The number of carbonyl (C=O) groups is 1. The van der Waals surface area contributed by atoms with E-state index in [9.17, 15) is 9.90 Å². The van der Waals surface area contributed by atoms with Crippen molar-refractivity contribution in [1.82, 2.24) is 0 Å². The van der Waals surface area contributed by atoms with Gasteiger partial charge in [0.1, 0.15) is 5.60 Å². The first kappa shape index (κ1) is 19.2. The average Bonchev–Trinajstić information content (AvgIpc) is 2.56. The van der Waals surface area contributed by atoms with Gasteiger partial charge in [-0.25, -0.2) is 0 Å². The zero-order chi connectivity index (χ0) is 20.3. The molecule has 0 aliphatic heterocycles. The van der Waals surface area contributed by atoms with Gasteiger partial charge in [0.2, 0.25) is 0 Å². The zero-order valence-electron chi connectivity index (χ0n) is 18.5. The van der Waals surface area contributed by atoms with Crippen molar-refractivity contribution in [3.05, 3.63) is 11.6 Å². The summed E-state index contributed by atoms with van der Waals surface area (Å²) in [6.45, 7) is 12.6. The van der Waals surface area contributed by atoms with E-state index in [1.54, 1.807) is 0 Å². The van der Waals surface area contributed by atoms with E-state index in [1.807, 2.05) is 0 Å². The summed E-state index contributed by atoms with van der Waals surface area (Å²) < 4.78 is 6.55. The minimum atomic E-state index is -0.609. The van der Waals surface area contributed by atoms with Crippen molar-refractivity contribution in [3.8, 4) is 0 Å². The Labute approximate surface area is 170 Å². The standard InChI is InChI=1S/C25H38O3/c1-14(2)7-23(6,22(3,4)5)21(26)28-25-11-18-15-8-24(27)9-16(18)20(13-25)17(10-24)19(15)12-25/h7,15-20,27H,8-13H2,1-6H3. The summed E-state index contributed by atoms with van der Waals surface area (Å²) in [5, 5.41) is 11.0. The van der Waals surface area contributed by atoms with Gasteiger partial charge in [0.05, 0.1) is 11.0 Å². The highest BCUT2D eigenvalue weighted by Gasteiger charge is 2.71. The molecule has 7 aliphatic rings. The van der Waals surface area contributed by atoms with Crippen molar-refractivity contribution in [1.29, 1.82) is 0 Å². The maximum Gasteiger partial charge on any atom is 0.316 e. The van der Waals surface area contributed by atoms with Crippen LogP contribution in [0, 0.1) is 46.3 Å². The summed E-state index contributed by atoms with van der Waals surface area (Å²) in [4.78, 5) is 13.6. The Hall–Kier alpha value is -0.830. The van der Waals surface area contributed by atoms with Gasteiger partial charge in [-0.05, 0) is 100 Å². The fourth-order valence-electron chi connectivity index (χ4n) is 8.41. The Balaban J connectivity index is 1.44. The minimum absolute atomic E-state index is 0.0292. The van der Waals surface area contributed by atoms with Gasteiger partial charge in [-0.2, -0.15) is 0 Å². The van der Waals surface area contributed by atoms with Gasteiger partial charge in [0, 0.05) is 0 Å². The zero-order valence-corrected chi connectivity index (χ0v) is 18.5. The SMILES string of the molecule is CC(C)=CC(C)(C(=O)OC12CC3C4CC5(O)CC3C(C1)C(C5)C4C2)C(C)(C)C. The summed E-state index contributed by atoms with van der Waals surface area (Å²) >= 11 is 0. The molecule has 0 spiro atoms. The monoisotopic (exact) mass is 386 g/mol. The molecule has 7 saturated carbocycles. The lowest BCUT2D eigenvalue weighted by Gasteiger charge is -2.73. The number of ether oxygens (including phenoxy) is 1. The smallest absolute Gasteiger partial charge is 0.316 e. The van der Waals surface area contributed by atoms with Crippen LogP contribution < -0.4 is 0 Å². The molecule has 7 fully saturated rings. The second-order valence-corrected chi connectivity index (χ2v) is 12.7. The molecule has 0 aromatic rings. The molecule has 1 unspecified atom stereocenters. The molecule has 0 heterocycles. The van der Waals surface area contributed by atoms with Gasteiger partial charge < -0.3 is 9.84 Å². The predicted octanol–water partition coefficient (Wildman–Crippen LogP) is 5.12. The third-order valence-corrected chi connectivity index (χ3v) is 9.84. The maximum absolute atomic E-state index is 13.6. The predicted molar refractivity (Wildman–Crippen MR) is 109 cm³/mol. The van der Waals surface area contributed by atoms with Gasteiger partial charge in [-0.1, -0.05) is 32.4 Å². The molecule has 0 aromatic heterocycles. The molecule has 8 bridgehead atoms. The first-order valence-corrected chi connectivity index (χ1v) is 11.5. The first-order chi connectivity index (χ1) is 12.9. The summed E-state index contributed by atoms with van der Waals surface area (Å²) in [6.07, 6.45) is 8.25. The average molecular weight is 387 g/mol. The van der Waals surface area contributed by atoms with Crippen LogP contribution in [0.1, 0.15) is 80.1 Å². The summed E-state index contributed by atoms with van der Waals surface area (Å²) in [7, 11) is 0. The van der Waals surface area contributed by atoms with Crippen molar-refractivity contribution < 1.29 is 14.6 Å². The van der Waals surface area contributed by atoms with Crippen LogP contribution in [0.5, 0.6) is 0 Å². The molecule has 0 saturated heterocycles. The van der Waals surface area contributed by atoms with Crippen molar-refractivity contribution >= 4 is 5.97 Å². The third kappa shape index (κ3) is 2.41. The Morgan fingerprint density at radius 2 is 1.25 bits per heavy atom. The van der Waals surface area contributed by atoms with E-state index >= 15 is 0 Å². The Morgan fingerprint density at radius 3 is 1.61 bits per heavy atom. The second-order valence-electron chi connectivity index (χ2n) is 12.7. The number of hydrogen-bond donors (Lipinski definition) is 1. The molecule has 3 heteroatoms. The fourth-order valence-corrected chi connectivity index (χ4v) is 8.41. The first-order valence-electron chi connectivity index (χ1n) is 11.5. The highest BCUT2D eigenvalue weighted by molar-refractivity contribution is 5.80. The van der Waals surface area contributed by atoms with Crippen LogP contribution in [0.4, 0.5) is 0 Å². The summed E-state index contributed by atoms with van der Waals surface area (Å²) in [5.74, 6) is 4.02. The van der Waals surface area contributed by atoms with Crippen LogP contribution in [0.25, 0.3) is 0 Å². The lowest BCUT2D eigenvalue weighted by atomic mass is 9.34. The van der Waals surface area contributed by atoms with Gasteiger partial charge in [0.15, 0.2) is 0 Å². The molecule has 0 amide bonds. The van der Waals surface area contributed by atoms with Gasteiger partial charge in [-0.15, -0.1) is 0 Å². The van der Waals surface area contributed by atoms with Crippen LogP contribution >= 0.6 is 0 Å². The van der Waals surface area contributed by atoms with E-state index in [0.717, 1.165) is 38.5 Å². The minimum Gasteiger partial charge on any atom is -0.458 e. The van der Waals surface area contributed by atoms with Gasteiger partial charge in [0.25, 0.3) is 0 Å². The summed E-state index contributed by atoms with van der Waals surface area (Å²) in [6, 6.07) is 0. The third-order valence-electron chi connectivity index (χ3n) is 9.84. The Morgan fingerprint density at radius 1 is 0.857 bits per heavy atom. The number of aliphatic hydroxyl groups is 1. The van der Waals surface area contributed by atoms with E-state index in [0.29, 0.717) is 35.5 Å². The van der Waals surface area contributed by atoms with Crippen LogP contribution in [0.3, 0.4) is 0 Å². The van der Waals surface area contributed by atoms with Crippen LogP contribution in [0.15, 0.2) is 11.6 Å². The number of carbonyl (C=O) groups excluding carboxylic acids is 1. The van der Waals surface area contributed by atoms with Gasteiger partial charge in [-0.3, -0.25) is 4.79 Å². The molecule has 3 nitrogen and oxygen atoms in total. The normalized spacial score (nSPS) is 49.8. The van der Waals surface area contributed by atoms with E-state index in [2.05, 4.69) is 47.6 Å². The highest BCUT2D eigenvalue weighted by atomic mass is 16.6. The number of esters is 1. The molecule has 1 N–H and O–H groups in total. The van der Waals surface area contributed by atoms with Gasteiger partial charge >= 0.3 is 5.97 Å². The van der Waals surface area contributed by atoms with Crippen molar-refractivity contribution in [3.63, 3.8) is 0 Å². The number of rotatable bonds is 3. The molecule has 0 aromatic carbocycles. The Bertz CT molecular complexity index is 674. The maximum atomic E-state index is 13.6. The van der Waals surface area contributed by atoms with E-state index in [4.69, 9.17) is 4.74 Å². The summed E-state index contributed by atoms with van der Waals surface area (Å²) in [5.41, 5.74) is -0.240.